The normalized spacial score (nSPS) is 12.6. The molecule has 0 N–H and O–H groups in total. The Morgan fingerprint density at radius 3 is 1.01 bits per heavy atom. The Morgan fingerprint density at radius 2 is 0.624 bits per heavy atom. The summed E-state index contributed by atoms with van der Waals surface area (Å²) in [6, 6.07) is 78.9. The fraction of sp³-hybridized carbons (Fsp3) is 0.0137. The highest BCUT2D eigenvalue weighted by Crippen LogP contribution is 2.50. The minimum atomic E-state index is -4.61. The molecule has 0 aliphatic carbocycles. The molecule has 0 radical (unpaired) electrons. The van der Waals surface area contributed by atoms with Gasteiger partial charge >= 0.3 is 6.18 Å². The molecule has 19 rings (SSSR count). The Bertz CT molecular complexity index is 6250. The van der Waals surface area contributed by atoms with E-state index in [2.05, 4.69) is 184 Å². The van der Waals surface area contributed by atoms with E-state index < -0.39 is 11.7 Å². The molecule has 19 aromatic rings. The molecule has 0 aliphatic rings. The third kappa shape index (κ3) is 6.38. The molecule has 8 heterocycles. The van der Waals surface area contributed by atoms with E-state index >= 15 is 0 Å². The molecule has 398 valence electrons. The van der Waals surface area contributed by atoms with Crippen molar-refractivity contribution in [3.05, 3.63) is 236 Å². The van der Waals surface area contributed by atoms with E-state index in [0.29, 0.717) is 50.4 Å². The number of pyridine rings is 1. The quantitative estimate of drug-likeness (QED) is 0.176. The first-order valence-corrected chi connectivity index (χ1v) is 30.3. The average molecular weight is 1150 g/mol. The first-order chi connectivity index (χ1) is 41.8. The molecule has 0 fully saturated rings. The summed E-state index contributed by atoms with van der Waals surface area (Å²) in [4.78, 5) is 6.23. The first-order valence-electron chi connectivity index (χ1n) is 27.9. The highest BCUT2D eigenvalue weighted by molar-refractivity contribution is 7.26. The van der Waals surface area contributed by atoms with Crippen LogP contribution in [0.4, 0.5) is 13.2 Å². The van der Waals surface area contributed by atoms with Gasteiger partial charge < -0.3 is 9.13 Å². The molecule has 0 spiro atoms. The van der Waals surface area contributed by atoms with Crippen LogP contribution >= 0.6 is 34.0 Å². The van der Waals surface area contributed by atoms with Crippen LogP contribution in [0.3, 0.4) is 0 Å². The molecule has 0 unspecified atom stereocenters. The van der Waals surface area contributed by atoms with E-state index in [-0.39, 0.29) is 0 Å². The topological polar surface area (TPSA) is 56.4 Å². The van der Waals surface area contributed by atoms with Gasteiger partial charge in [-0.1, -0.05) is 127 Å². The molecular formula is C73H37F3N6S3. The number of para-hydroxylation sites is 4. The van der Waals surface area contributed by atoms with E-state index in [4.69, 9.17) is 4.98 Å². The largest absolute Gasteiger partial charge is 0.416 e. The second kappa shape index (κ2) is 16.9. The minimum absolute atomic E-state index is 0.321. The van der Waals surface area contributed by atoms with Gasteiger partial charge in [-0.3, -0.25) is 9.13 Å². The van der Waals surface area contributed by atoms with E-state index in [1.54, 1.807) is 40.1 Å². The lowest BCUT2D eigenvalue weighted by atomic mass is 10.1. The molecule has 0 saturated heterocycles. The summed E-state index contributed by atoms with van der Waals surface area (Å²) in [7, 11) is 0. The fourth-order valence-corrected chi connectivity index (χ4v) is 17.4. The van der Waals surface area contributed by atoms with Gasteiger partial charge in [-0.2, -0.15) is 18.4 Å². The lowest BCUT2D eigenvalue weighted by molar-refractivity contribution is -0.137. The van der Waals surface area contributed by atoms with Crippen molar-refractivity contribution in [2.24, 2.45) is 0 Å². The molecule has 0 saturated carbocycles. The van der Waals surface area contributed by atoms with Crippen molar-refractivity contribution in [1.82, 2.24) is 23.3 Å². The summed E-state index contributed by atoms with van der Waals surface area (Å²) in [5.74, 6) is 0.849. The SMILES string of the molecule is N#Cc1c(-n2c3ccccc3c3cc4sc5ccccc5c4cc32)c(-n2c3ccccc3c3cc(C(F)(F)F)ccc32)nc(-n2c3ccccc3c3cc4sc5ccccc5c4cc32)c1-n1c2ccccc2c2cc3sc4ccccc4c3cc21. The minimum Gasteiger partial charge on any atom is -0.305 e. The van der Waals surface area contributed by atoms with Crippen molar-refractivity contribution in [2.75, 3.05) is 0 Å². The summed E-state index contributed by atoms with van der Waals surface area (Å²) in [5, 5.41) is 26.7. The average Bonchev–Trinajstić information content (AvgIpc) is 1.80. The first kappa shape index (κ1) is 47.2. The standard InChI is InChI=1S/C73H37F3N6S3/c74-73(75,76)39-29-30-59-47(31-39)40-15-3-10-24-57(40)81(59)71-69(79-55-22-8-1-16-41(55)48-35-66-51(32-60(48)79)44-19-5-12-26-63(44)83-66)54(38-77)70(80-56-23-9-2-17-42(56)49-36-67-52(33-61(49)80)45-20-6-13-27-64(45)84-67)72(78-71)82-58-25-11-4-18-43(58)50-37-68-53(34-62(50)82)46-21-7-14-28-65(46)85-68/h1-37H. The molecule has 0 atom stereocenters. The fourth-order valence-electron chi connectivity index (χ4n) is 14.0. The molecule has 0 bridgehead atoms. The molecule has 11 aromatic carbocycles. The zero-order valence-corrected chi connectivity index (χ0v) is 46.9. The van der Waals surface area contributed by atoms with Gasteiger partial charge in [-0.25, -0.2) is 4.98 Å². The molecule has 8 aromatic heterocycles. The molecular weight excluding hydrogens is 1110 g/mol. The highest BCUT2D eigenvalue weighted by atomic mass is 32.1. The van der Waals surface area contributed by atoms with Gasteiger partial charge in [0.1, 0.15) is 23.0 Å². The van der Waals surface area contributed by atoms with E-state index in [9.17, 15) is 18.4 Å². The number of nitriles is 1. The maximum atomic E-state index is 15.0. The second-order valence-corrected chi connectivity index (χ2v) is 25.2. The number of aromatic nitrogens is 5. The number of halogens is 3. The molecule has 12 heteroatoms. The van der Waals surface area contributed by atoms with Gasteiger partial charge in [-0.15, -0.1) is 34.0 Å². The lowest BCUT2D eigenvalue weighted by Crippen LogP contribution is -2.16. The Balaban J connectivity index is 1.08. The van der Waals surface area contributed by atoms with Crippen molar-refractivity contribution < 1.29 is 13.2 Å². The Hall–Kier alpha value is -10.3. The van der Waals surface area contributed by atoms with E-state index in [1.807, 2.05) is 47.0 Å². The molecule has 0 aliphatic heterocycles. The summed E-state index contributed by atoms with van der Waals surface area (Å²) < 4.78 is 60.6. The van der Waals surface area contributed by atoms with Crippen molar-refractivity contribution in [2.45, 2.75) is 6.18 Å². The van der Waals surface area contributed by atoms with E-state index in [0.717, 1.165) is 123 Å². The number of hydrogen-bond donors (Lipinski definition) is 0. The number of benzene rings is 11. The van der Waals surface area contributed by atoms with Crippen LogP contribution in [-0.4, -0.2) is 23.3 Å². The van der Waals surface area contributed by atoms with Crippen LogP contribution in [0.15, 0.2) is 224 Å². The number of fused-ring (bicyclic) bond motifs is 21. The number of alkyl halides is 3. The van der Waals surface area contributed by atoms with Crippen molar-refractivity contribution in [3.8, 4) is 29.1 Å². The molecule has 85 heavy (non-hydrogen) atoms. The van der Waals surface area contributed by atoms with Crippen molar-refractivity contribution >= 4 is 182 Å². The monoisotopic (exact) mass is 1150 g/mol. The second-order valence-electron chi connectivity index (χ2n) is 22.0. The third-order valence-electron chi connectivity index (χ3n) is 17.6. The summed E-state index contributed by atoms with van der Waals surface area (Å²) >= 11 is 5.28. The maximum absolute atomic E-state index is 15.0. The zero-order valence-electron chi connectivity index (χ0n) is 44.4. The maximum Gasteiger partial charge on any atom is 0.416 e. The van der Waals surface area contributed by atoms with Crippen LogP contribution in [0.2, 0.25) is 0 Å². The van der Waals surface area contributed by atoms with Gasteiger partial charge in [0, 0.05) is 104 Å². The Morgan fingerprint density at radius 1 is 0.306 bits per heavy atom. The van der Waals surface area contributed by atoms with Crippen LogP contribution in [0, 0.1) is 11.3 Å². The molecule has 0 amide bonds. The van der Waals surface area contributed by atoms with Gasteiger partial charge in [0.15, 0.2) is 11.6 Å². The van der Waals surface area contributed by atoms with Crippen LogP contribution in [0.5, 0.6) is 0 Å². The summed E-state index contributed by atoms with van der Waals surface area (Å²) in [6.07, 6.45) is -4.61. The lowest BCUT2D eigenvalue weighted by Gasteiger charge is -2.24. The van der Waals surface area contributed by atoms with Crippen molar-refractivity contribution in [1.29, 1.82) is 5.26 Å². The van der Waals surface area contributed by atoms with Gasteiger partial charge in [0.2, 0.25) is 0 Å². The van der Waals surface area contributed by atoms with Crippen LogP contribution in [-0.2, 0) is 6.18 Å². The predicted octanol–water partition coefficient (Wildman–Crippen LogP) is 21.5. The van der Waals surface area contributed by atoms with Crippen molar-refractivity contribution in [3.63, 3.8) is 0 Å². The Kier molecular flexibility index (Phi) is 9.41. The zero-order chi connectivity index (χ0) is 56.1. The van der Waals surface area contributed by atoms with Gasteiger partial charge in [0.25, 0.3) is 0 Å². The number of hydrogen-bond acceptors (Lipinski definition) is 5. The number of rotatable bonds is 4. The number of thiophene rings is 3. The van der Waals surface area contributed by atoms with Gasteiger partial charge in [-0.05, 0) is 97.1 Å². The summed E-state index contributed by atoms with van der Waals surface area (Å²) in [5.41, 5.74) is 6.99. The van der Waals surface area contributed by atoms with Gasteiger partial charge in [0.05, 0.1) is 49.7 Å². The van der Waals surface area contributed by atoms with Crippen LogP contribution in [0.25, 0.3) is 171 Å². The summed E-state index contributed by atoms with van der Waals surface area (Å²) in [6.45, 7) is 0. The predicted molar refractivity (Wildman–Crippen MR) is 350 cm³/mol. The molecule has 6 nitrogen and oxygen atoms in total. The van der Waals surface area contributed by atoms with Crippen LogP contribution in [0.1, 0.15) is 11.1 Å². The van der Waals surface area contributed by atoms with E-state index in [1.165, 1.54) is 15.5 Å². The third-order valence-corrected chi connectivity index (χ3v) is 21.0. The van der Waals surface area contributed by atoms with Crippen LogP contribution < -0.4 is 0 Å². The Labute approximate surface area is 491 Å². The smallest absolute Gasteiger partial charge is 0.305 e. The highest BCUT2D eigenvalue weighted by Gasteiger charge is 2.35. The number of nitrogens with zero attached hydrogens (tertiary/aromatic N) is 6.